The van der Waals surface area contributed by atoms with E-state index in [9.17, 15) is 40.5 Å². The molecule has 1 amide bonds. The summed E-state index contributed by atoms with van der Waals surface area (Å²) in [5.74, 6) is -0.703. The van der Waals surface area contributed by atoms with Gasteiger partial charge in [0, 0.05) is 0 Å². The first-order valence-electron chi connectivity index (χ1n) is 26.6. The van der Waals surface area contributed by atoms with Gasteiger partial charge >= 0.3 is 0 Å². The number of hydrogen-bond acceptors (Lipinski definition) is 10. The minimum absolute atomic E-state index is 0.259. The number of aliphatic hydroxyl groups excluding tert-OH is 7. The van der Waals surface area contributed by atoms with Crippen molar-refractivity contribution in [2.45, 2.75) is 300 Å². The molecule has 0 saturated carbocycles. The zero-order valence-corrected chi connectivity index (χ0v) is 40.6. The van der Waals surface area contributed by atoms with Gasteiger partial charge in [0.2, 0.25) is 5.91 Å². The fourth-order valence-electron chi connectivity index (χ4n) is 8.68. The van der Waals surface area contributed by atoms with Crippen LogP contribution in [0.25, 0.3) is 0 Å². The van der Waals surface area contributed by atoms with E-state index in [4.69, 9.17) is 9.47 Å². The highest BCUT2D eigenvalue weighted by molar-refractivity contribution is 5.80. The third-order valence-electron chi connectivity index (χ3n) is 13.1. The molecule has 1 saturated heterocycles. The van der Waals surface area contributed by atoms with E-state index in [0.717, 1.165) is 38.5 Å². The lowest BCUT2D eigenvalue weighted by Crippen LogP contribution is -2.60. The Morgan fingerprint density at radius 1 is 0.540 bits per heavy atom. The van der Waals surface area contributed by atoms with Crippen LogP contribution < -0.4 is 5.32 Å². The van der Waals surface area contributed by atoms with Crippen molar-refractivity contribution in [2.75, 3.05) is 13.2 Å². The molecule has 9 atom stereocenters. The summed E-state index contributed by atoms with van der Waals surface area (Å²) in [4.78, 5) is 13.1. The van der Waals surface area contributed by atoms with Crippen LogP contribution in [0, 0.1) is 0 Å². The molecular weight excluding hydrogens is 799 g/mol. The molecule has 0 radical (unpaired) electrons. The number of carbonyl (C=O) groups excluding carboxylic acids is 1. The van der Waals surface area contributed by atoms with E-state index in [1.54, 1.807) is 0 Å². The van der Waals surface area contributed by atoms with E-state index in [0.29, 0.717) is 12.8 Å². The van der Waals surface area contributed by atoms with Crippen LogP contribution in [0.1, 0.15) is 245 Å². The number of ether oxygens (including phenoxy) is 2. The molecule has 11 nitrogen and oxygen atoms in total. The Labute approximate surface area is 385 Å². The van der Waals surface area contributed by atoms with Crippen molar-refractivity contribution in [3.63, 3.8) is 0 Å². The number of amides is 1. The van der Waals surface area contributed by atoms with Gasteiger partial charge in [0.05, 0.1) is 25.4 Å². The second-order valence-electron chi connectivity index (χ2n) is 19.0. The predicted molar refractivity (Wildman–Crippen MR) is 256 cm³/mol. The van der Waals surface area contributed by atoms with Crippen molar-refractivity contribution in [1.82, 2.24) is 5.32 Å². The molecule has 0 spiro atoms. The summed E-state index contributed by atoms with van der Waals surface area (Å²) in [6, 6.07) is -1.18. The molecule has 11 heteroatoms. The first-order chi connectivity index (χ1) is 30.7. The highest BCUT2D eigenvalue weighted by Crippen LogP contribution is 2.23. The van der Waals surface area contributed by atoms with Crippen LogP contribution in [0.3, 0.4) is 0 Å². The Hall–Kier alpha value is -1.15. The average Bonchev–Trinajstić information content (AvgIpc) is 3.28. The van der Waals surface area contributed by atoms with Crippen LogP contribution in [0.15, 0.2) is 12.2 Å². The van der Waals surface area contributed by atoms with Gasteiger partial charge in [0.15, 0.2) is 6.29 Å². The van der Waals surface area contributed by atoms with E-state index >= 15 is 0 Å². The Bertz CT molecular complexity index is 1030. The largest absolute Gasteiger partial charge is 0.394 e. The summed E-state index contributed by atoms with van der Waals surface area (Å²) in [5, 5.41) is 75.9. The predicted octanol–water partition coefficient (Wildman–Crippen LogP) is 10.0. The molecule has 0 aromatic heterocycles. The number of aliphatic hydroxyl groups is 7. The second kappa shape index (κ2) is 42.2. The lowest BCUT2D eigenvalue weighted by molar-refractivity contribution is -0.303. The van der Waals surface area contributed by atoms with Crippen LogP contribution in [0.2, 0.25) is 0 Å². The van der Waals surface area contributed by atoms with E-state index in [-0.39, 0.29) is 12.8 Å². The third kappa shape index (κ3) is 31.5. The fourth-order valence-corrected chi connectivity index (χ4v) is 8.68. The minimum atomic E-state index is -1.66. The molecule has 1 aliphatic rings. The van der Waals surface area contributed by atoms with Gasteiger partial charge in [-0.05, 0) is 38.5 Å². The summed E-state index contributed by atoms with van der Waals surface area (Å²) >= 11 is 0. The fraction of sp³-hybridized carbons (Fsp3) is 0.942. The Morgan fingerprint density at radius 3 is 1.37 bits per heavy atom. The van der Waals surface area contributed by atoms with Gasteiger partial charge in [0.25, 0.3) is 0 Å². The first-order valence-corrected chi connectivity index (χ1v) is 26.6. The van der Waals surface area contributed by atoms with E-state index in [1.165, 1.54) is 167 Å². The van der Waals surface area contributed by atoms with Crippen LogP contribution in [-0.4, -0.2) is 110 Å². The highest BCUT2D eigenvalue weighted by atomic mass is 16.7. The molecule has 1 aliphatic heterocycles. The number of carbonyl (C=O) groups is 1. The Morgan fingerprint density at radius 2 is 0.937 bits per heavy atom. The number of allylic oxidation sites excluding steroid dienone is 2. The van der Waals surface area contributed by atoms with Crippen LogP contribution in [-0.2, 0) is 14.3 Å². The smallest absolute Gasteiger partial charge is 0.249 e. The van der Waals surface area contributed by atoms with Gasteiger partial charge in [-0.15, -0.1) is 0 Å². The van der Waals surface area contributed by atoms with E-state index in [2.05, 4.69) is 31.3 Å². The molecule has 63 heavy (non-hydrogen) atoms. The maximum atomic E-state index is 13.1. The zero-order chi connectivity index (χ0) is 46.2. The SMILES string of the molecule is CCCCCCCCCCCCCCCCCCC/C=C/CCCC(O)C(O)C(COC1OC(CO)C(O)C(O)C1O)NC(=O)C(O)CCCCCCCCCCCCCCCC. The third-order valence-corrected chi connectivity index (χ3v) is 13.1. The Kier molecular flexibility index (Phi) is 40.1. The van der Waals surface area contributed by atoms with Crippen molar-refractivity contribution in [2.24, 2.45) is 0 Å². The summed E-state index contributed by atoms with van der Waals surface area (Å²) in [6.07, 6.45) is 35.5. The highest BCUT2D eigenvalue weighted by Gasteiger charge is 2.44. The Balaban J connectivity index is 2.37. The lowest BCUT2D eigenvalue weighted by Gasteiger charge is -2.40. The van der Waals surface area contributed by atoms with Gasteiger partial charge in [-0.1, -0.05) is 219 Å². The molecule has 9 unspecified atom stereocenters. The van der Waals surface area contributed by atoms with Crippen molar-refractivity contribution >= 4 is 5.91 Å². The van der Waals surface area contributed by atoms with E-state index in [1.807, 2.05) is 0 Å². The molecule has 8 N–H and O–H groups in total. The van der Waals surface area contributed by atoms with Crippen LogP contribution >= 0.6 is 0 Å². The molecule has 0 bridgehead atoms. The maximum Gasteiger partial charge on any atom is 0.249 e. The van der Waals surface area contributed by atoms with Gasteiger partial charge in [-0.3, -0.25) is 4.79 Å². The standard InChI is InChI=1S/C52H101NO10/c1-3-5-7-9-11-13-15-17-19-20-21-22-23-24-25-26-28-29-31-33-35-37-39-44(55)47(57)43(42-62-52-50(60)49(59)48(58)46(41-54)63-52)53-51(61)45(56)40-38-36-34-32-30-27-18-16-14-12-10-8-6-4-2/h31,33,43-50,52,54-60H,3-30,32,34-42H2,1-2H3,(H,53,61)/b33-31+. The normalized spacial score (nSPS) is 21.2. The molecule has 1 heterocycles. The minimum Gasteiger partial charge on any atom is -0.394 e. The second-order valence-corrected chi connectivity index (χ2v) is 19.0. The van der Waals surface area contributed by atoms with Crippen molar-refractivity contribution < 1.29 is 50.0 Å². The molecular formula is C52H101NO10. The molecule has 0 aliphatic carbocycles. The average molecular weight is 900 g/mol. The van der Waals surface area contributed by atoms with Gasteiger partial charge in [0.1, 0.15) is 36.6 Å². The summed E-state index contributed by atoms with van der Waals surface area (Å²) in [7, 11) is 0. The molecule has 0 aromatic carbocycles. The number of hydrogen-bond donors (Lipinski definition) is 8. The molecule has 1 rings (SSSR count). The maximum absolute atomic E-state index is 13.1. The van der Waals surface area contributed by atoms with Crippen LogP contribution in [0.5, 0.6) is 0 Å². The van der Waals surface area contributed by atoms with Gasteiger partial charge in [-0.2, -0.15) is 0 Å². The molecule has 1 fully saturated rings. The number of rotatable bonds is 45. The quantitative estimate of drug-likeness (QED) is 0.0216. The topological polar surface area (TPSA) is 189 Å². The van der Waals surface area contributed by atoms with Crippen molar-refractivity contribution in [1.29, 1.82) is 0 Å². The summed E-state index contributed by atoms with van der Waals surface area (Å²) in [6.45, 7) is 3.45. The number of unbranched alkanes of at least 4 members (excludes halogenated alkanes) is 31. The zero-order valence-electron chi connectivity index (χ0n) is 40.6. The van der Waals surface area contributed by atoms with Crippen molar-refractivity contribution in [3.05, 3.63) is 12.2 Å². The van der Waals surface area contributed by atoms with Crippen molar-refractivity contribution in [3.8, 4) is 0 Å². The van der Waals surface area contributed by atoms with Crippen LogP contribution in [0.4, 0.5) is 0 Å². The first kappa shape index (κ1) is 59.9. The van der Waals surface area contributed by atoms with E-state index < -0.39 is 74.2 Å². The summed E-state index contributed by atoms with van der Waals surface area (Å²) < 4.78 is 11.1. The van der Waals surface area contributed by atoms with Gasteiger partial charge in [-0.25, -0.2) is 0 Å². The van der Waals surface area contributed by atoms with Gasteiger partial charge < -0.3 is 50.5 Å². The summed E-state index contributed by atoms with van der Waals surface area (Å²) in [5.41, 5.74) is 0. The monoisotopic (exact) mass is 900 g/mol. The molecule has 374 valence electrons. The number of nitrogens with one attached hydrogen (secondary N) is 1. The molecule has 0 aromatic rings. The lowest BCUT2D eigenvalue weighted by atomic mass is 9.98.